The molecule has 0 unspecified atom stereocenters. The summed E-state index contributed by atoms with van der Waals surface area (Å²) >= 11 is 0. The summed E-state index contributed by atoms with van der Waals surface area (Å²) in [6, 6.07) is 0. The van der Waals surface area contributed by atoms with E-state index < -0.39 is 0 Å². The number of rotatable bonds is 4. The van der Waals surface area contributed by atoms with Gasteiger partial charge in [-0.2, -0.15) is 5.10 Å². The highest BCUT2D eigenvalue weighted by molar-refractivity contribution is 5.57. The van der Waals surface area contributed by atoms with Gasteiger partial charge in [0.1, 0.15) is 0 Å². The molecule has 0 heterocycles. The average molecular weight is 164 g/mol. The van der Waals surface area contributed by atoms with Crippen LogP contribution in [0, 0.1) is 5.92 Å². The molecule has 0 bridgehead atoms. The molecule has 0 N–H and O–H groups in total. The highest BCUT2D eigenvalue weighted by Crippen LogP contribution is 2.10. The van der Waals surface area contributed by atoms with E-state index in [0.717, 1.165) is 6.42 Å². The molecule has 66 valence electrons. The Morgan fingerprint density at radius 1 is 1.58 bits per heavy atom. The number of nitrogens with zero attached hydrogens (tertiary/aromatic N) is 2. The van der Waals surface area contributed by atoms with Crippen molar-refractivity contribution < 1.29 is 0 Å². The van der Waals surface area contributed by atoms with Crippen molar-refractivity contribution in [3.05, 3.63) is 17.7 Å². The molecule has 0 radical (unpaired) electrons. The van der Waals surface area contributed by atoms with Crippen molar-refractivity contribution >= 4 is 12.6 Å². The maximum Gasteiger partial charge on any atom is 0.0140 e. The van der Waals surface area contributed by atoms with Crippen molar-refractivity contribution in [3.63, 3.8) is 0 Å². The van der Waals surface area contributed by atoms with Crippen LogP contribution in [-0.4, -0.2) is 12.6 Å². The van der Waals surface area contributed by atoms with E-state index in [-0.39, 0.29) is 0 Å². The summed E-state index contributed by atoms with van der Waals surface area (Å²) in [4.78, 5) is 0. The molecule has 0 aliphatic heterocycles. The topological polar surface area (TPSA) is 24.7 Å². The van der Waals surface area contributed by atoms with Crippen LogP contribution in [0.1, 0.15) is 27.2 Å². The zero-order valence-corrected chi connectivity index (χ0v) is 8.04. The molecule has 0 saturated carbocycles. The molecule has 0 aromatic carbocycles. The third-order valence-electron chi connectivity index (χ3n) is 1.39. The van der Waals surface area contributed by atoms with E-state index in [0.29, 0.717) is 5.92 Å². The maximum atomic E-state index is 3.53. The summed E-state index contributed by atoms with van der Waals surface area (Å²) < 4.78 is 0. The third-order valence-corrected chi connectivity index (χ3v) is 1.39. The summed E-state index contributed by atoms with van der Waals surface area (Å²) in [5.41, 5.74) is 1.23. The predicted octanol–water partition coefficient (Wildman–Crippen LogP) is 2.82. The second-order valence-electron chi connectivity index (χ2n) is 2.98. The van der Waals surface area contributed by atoms with Crippen molar-refractivity contribution in [1.29, 1.82) is 0 Å². The first-order valence-corrected chi connectivity index (χ1v) is 4.10. The lowest BCUT2D eigenvalue weighted by Gasteiger charge is -2.02. The normalized spacial score (nSPS) is 10.8. The fraction of sp³-hybridized carbons (Fsp3) is 0.500. The van der Waals surface area contributed by atoms with Crippen molar-refractivity contribution in [2.24, 2.45) is 16.1 Å². The molecular weight excluding hydrogens is 148 g/mol. The maximum absolute atomic E-state index is 3.53. The molecular formula is C10H16N2. The SMILES string of the molecule is C=NN=C=C/C(=C\C)CC(C)C. The van der Waals surface area contributed by atoms with Gasteiger partial charge in [0, 0.05) is 18.7 Å². The zero-order valence-electron chi connectivity index (χ0n) is 8.04. The second-order valence-corrected chi connectivity index (χ2v) is 2.98. The number of hydrogen-bond donors (Lipinski definition) is 0. The molecule has 2 heteroatoms. The largest absolute Gasteiger partial charge is 0.158 e. The first-order valence-electron chi connectivity index (χ1n) is 4.10. The lowest BCUT2D eigenvalue weighted by atomic mass is 10.0. The minimum Gasteiger partial charge on any atom is -0.158 e. The van der Waals surface area contributed by atoms with E-state index in [1.807, 2.05) is 13.0 Å². The van der Waals surface area contributed by atoms with Gasteiger partial charge in [0.2, 0.25) is 0 Å². The van der Waals surface area contributed by atoms with Gasteiger partial charge in [0.25, 0.3) is 0 Å². The van der Waals surface area contributed by atoms with E-state index >= 15 is 0 Å². The summed E-state index contributed by atoms with van der Waals surface area (Å²) in [6.45, 7) is 9.60. The van der Waals surface area contributed by atoms with Crippen molar-refractivity contribution in [2.75, 3.05) is 0 Å². The van der Waals surface area contributed by atoms with Crippen LogP contribution in [0.5, 0.6) is 0 Å². The Morgan fingerprint density at radius 3 is 2.67 bits per heavy atom. The molecule has 0 saturated heterocycles. The molecule has 2 nitrogen and oxygen atoms in total. The molecule has 12 heavy (non-hydrogen) atoms. The standard InChI is InChI=1S/C10H16N2/c1-5-10(8-9(2)3)6-7-12-11-4/h5-6,9H,4,8H2,1-3H3/b10-5+. The predicted molar refractivity (Wildman–Crippen MR) is 54.8 cm³/mol. The van der Waals surface area contributed by atoms with Crippen molar-refractivity contribution in [2.45, 2.75) is 27.2 Å². The van der Waals surface area contributed by atoms with Gasteiger partial charge >= 0.3 is 0 Å². The van der Waals surface area contributed by atoms with Crippen LogP contribution >= 0.6 is 0 Å². The van der Waals surface area contributed by atoms with E-state index in [1.54, 1.807) is 0 Å². The Kier molecular flexibility index (Phi) is 5.94. The number of allylic oxidation sites excluding steroid dienone is 3. The van der Waals surface area contributed by atoms with Crippen LogP contribution in [-0.2, 0) is 0 Å². The molecule has 0 amide bonds. The van der Waals surface area contributed by atoms with Crippen LogP contribution in [0.25, 0.3) is 0 Å². The van der Waals surface area contributed by atoms with Crippen LogP contribution in [0.15, 0.2) is 27.9 Å². The first-order chi connectivity index (χ1) is 5.70. The van der Waals surface area contributed by atoms with E-state index in [1.165, 1.54) is 5.57 Å². The first kappa shape index (κ1) is 10.9. The Bertz CT molecular complexity index is 218. The molecule has 0 atom stereocenters. The Labute approximate surface area is 74.4 Å². The lowest BCUT2D eigenvalue weighted by Crippen LogP contribution is -1.88. The van der Waals surface area contributed by atoms with E-state index in [4.69, 9.17) is 0 Å². The van der Waals surface area contributed by atoms with Gasteiger partial charge in [-0.3, -0.25) is 0 Å². The zero-order chi connectivity index (χ0) is 9.40. The van der Waals surface area contributed by atoms with E-state index in [9.17, 15) is 0 Å². The Morgan fingerprint density at radius 2 is 2.25 bits per heavy atom. The summed E-state index contributed by atoms with van der Waals surface area (Å²) in [5, 5.41) is 6.86. The lowest BCUT2D eigenvalue weighted by molar-refractivity contribution is 0.650. The van der Waals surface area contributed by atoms with Gasteiger partial charge in [-0.05, 0) is 24.8 Å². The van der Waals surface area contributed by atoms with Crippen LogP contribution in [0.2, 0.25) is 0 Å². The monoisotopic (exact) mass is 164 g/mol. The van der Waals surface area contributed by atoms with Gasteiger partial charge in [0.05, 0.1) is 0 Å². The molecule has 0 aliphatic rings. The molecule has 0 rings (SSSR count). The van der Waals surface area contributed by atoms with Gasteiger partial charge in [-0.15, -0.1) is 5.10 Å². The quantitative estimate of drug-likeness (QED) is 0.347. The molecule has 0 aliphatic carbocycles. The third kappa shape index (κ3) is 5.63. The van der Waals surface area contributed by atoms with Crippen LogP contribution < -0.4 is 0 Å². The highest BCUT2D eigenvalue weighted by Gasteiger charge is 1.95. The summed E-state index contributed by atoms with van der Waals surface area (Å²) in [5.74, 6) is 3.35. The van der Waals surface area contributed by atoms with Crippen molar-refractivity contribution in [1.82, 2.24) is 0 Å². The highest BCUT2D eigenvalue weighted by atomic mass is 15.2. The minimum atomic E-state index is 0.658. The van der Waals surface area contributed by atoms with Gasteiger partial charge in [-0.1, -0.05) is 19.9 Å². The van der Waals surface area contributed by atoms with Gasteiger partial charge in [0.15, 0.2) is 0 Å². The summed E-state index contributed by atoms with van der Waals surface area (Å²) in [6.07, 6.45) is 4.95. The van der Waals surface area contributed by atoms with Crippen LogP contribution in [0.4, 0.5) is 0 Å². The number of hydrogen-bond acceptors (Lipinski definition) is 2. The molecule has 0 fully saturated rings. The van der Waals surface area contributed by atoms with E-state index in [2.05, 4.69) is 42.7 Å². The molecule has 0 aromatic rings. The smallest absolute Gasteiger partial charge is 0.0140 e. The van der Waals surface area contributed by atoms with Gasteiger partial charge in [-0.25, -0.2) is 0 Å². The Hall–Kier alpha value is -1.14. The van der Waals surface area contributed by atoms with Crippen molar-refractivity contribution in [3.8, 4) is 0 Å². The van der Waals surface area contributed by atoms with Gasteiger partial charge < -0.3 is 0 Å². The summed E-state index contributed by atoms with van der Waals surface area (Å²) in [7, 11) is 0. The van der Waals surface area contributed by atoms with Crippen LogP contribution in [0.3, 0.4) is 0 Å². The minimum absolute atomic E-state index is 0.658. The molecule has 0 spiro atoms. The second kappa shape index (κ2) is 6.56. The fourth-order valence-electron chi connectivity index (χ4n) is 0.884. The fourth-order valence-corrected chi connectivity index (χ4v) is 0.884. The Balaban J connectivity index is 4.20. The molecule has 0 aromatic heterocycles. The average Bonchev–Trinajstić information content (AvgIpc) is 2.02.